The van der Waals surface area contributed by atoms with Crippen LogP contribution in [-0.4, -0.2) is 48.7 Å². The first-order valence-corrected chi connectivity index (χ1v) is 8.07. The molecule has 0 aliphatic rings. The third-order valence-electron chi connectivity index (χ3n) is 3.73. The van der Waals surface area contributed by atoms with E-state index in [1.807, 2.05) is 6.92 Å². The Hall–Kier alpha value is -1.88. The van der Waals surface area contributed by atoms with Crippen LogP contribution in [-0.2, 0) is 20.7 Å². The van der Waals surface area contributed by atoms with Crippen molar-refractivity contribution in [3.05, 3.63) is 35.4 Å². The van der Waals surface area contributed by atoms with Gasteiger partial charge in [-0.15, -0.1) is 0 Å². The monoisotopic (exact) mass is 321 g/mol. The van der Waals surface area contributed by atoms with Gasteiger partial charge in [0.05, 0.1) is 13.5 Å². The van der Waals surface area contributed by atoms with E-state index in [0.717, 1.165) is 12.8 Å². The maximum absolute atomic E-state index is 12.3. The predicted molar refractivity (Wildman–Crippen MR) is 89.0 cm³/mol. The van der Waals surface area contributed by atoms with Crippen LogP contribution >= 0.6 is 0 Å². The van der Waals surface area contributed by atoms with Gasteiger partial charge < -0.3 is 14.7 Å². The number of aliphatic hydroxyl groups excluding tert-OH is 1. The molecule has 1 aromatic rings. The van der Waals surface area contributed by atoms with Gasteiger partial charge in [-0.3, -0.25) is 9.59 Å². The minimum Gasteiger partial charge on any atom is -0.469 e. The highest BCUT2D eigenvalue weighted by Gasteiger charge is 2.14. The Balaban J connectivity index is 2.41. The van der Waals surface area contributed by atoms with Gasteiger partial charge in [-0.05, 0) is 31.7 Å². The molecule has 0 spiro atoms. The molecule has 0 unspecified atom stereocenters. The first kappa shape index (κ1) is 19.2. The molecule has 0 atom stereocenters. The molecule has 1 N–H and O–H groups in total. The zero-order valence-electron chi connectivity index (χ0n) is 14.1. The van der Waals surface area contributed by atoms with Gasteiger partial charge in [-0.25, -0.2) is 0 Å². The summed E-state index contributed by atoms with van der Waals surface area (Å²) in [6.45, 7) is 2.89. The van der Waals surface area contributed by atoms with Crippen molar-refractivity contribution in [1.82, 2.24) is 4.90 Å². The zero-order valence-corrected chi connectivity index (χ0v) is 14.1. The molecule has 0 radical (unpaired) electrons. The van der Waals surface area contributed by atoms with Gasteiger partial charge in [-0.1, -0.05) is 29.8 Å². The van der Waals surface area contributed by atoms with Crippen LogP contribution in [0.5, 0.6) is 0 Å². The summed E-state index contributed by atoms with van der Waals surface area (Å²) in [5, 5.41) is 8.94. The van der Waals surface area contributed by atoms with Crippen molar-refractivity contribution in [3.8, 4) is 0 Å². The minimum absolute atomic E-state index is 0.0227. The number of carbonyl (C=O) groups excluding carboxylic acids is 2. The van der Waals surface area contributed by atoms with Gasteiger partial charge in [0.15, 0.2) is 0 Å². The highest BCUT2D eigenvalue weighted by Crippen LogP contribution is 2.09. The molecule has 1 rings (SSSR count). The molecule has 0 aliphatic heterocycles. The number of methoxy groups -OCH3 is 1. The quantitative estimate of drug-likeness (QED) is 0.670. The van der Waals surface area contributed by atoms with E-state index in [2.05, 4.69) is 29.0 Å². The van der Waals surface area contributed by atoms with Gasteiger partial charge in [0.2, 0.25) is 5.91 Å². The van der Waals surface area contributed by atoms with Crippen LogP contribution < -0.4 is 0 Å². The summed E-state index contributed by atoms with van der Waals surface area (Å²) in [5.74, 6) is -0.305. The summed E-state index contributed by atoms with van der Waals surface area (Å²) < 4.78 is 4.61. The number of benzene rings is 1. The van der Waals surface area contributed by atoms with E-state index in [1.165, 1.54) is 18.2 Å². The van der Waals surface area contributed by atoms with Crippen LogP contribution in [0.3, 0.4) is 0 Å². The third-order valence-corrected chi connectivity index (χ3v) is 3.73. The van der Waals surface area contributed by atoms with Crippen molar-refractivity contribution in [2.24, 2.45) is 0 Å². The molecule has 0 saturated carbocycles. The standard InChI is InChI=1S/C18H27NO4/c1-15-7-9-16(10-8-15)5-3-6-17(21)19(12-4-14-20)13-11-18(22)23-2/h7-10,20H,3-6,11-14H2,1-2H3. The first-order chi connectivity index (χ1) is 11.1. The second-order valence-electron chi connectivity index (χ2n) is 5.62. The van der Waals surface area contributed by atoms with Crippen molar-refractivity contribution in [2.75, 3.05) is 26.8 Å². The molecule has 0 heterocycles. The van der Waals surface area contributed by atoms with Crippen LogP contribution in [0.2, 0.25) is 0 Å². The number of aryl methyl sites for hydroxylation is 2. The topological polar surface area (TPSA) is 66.8 Å². The number of hydrogen-bond donors (Lipinski definition) is 1. The number of hydrogen-bond acceptors (Lipinski definition) is 4. The number of ether oxygens (including phenoxy) is 1. The van der Waals surface area contributed by atoms with Crippen molar-refractivity contribution >= 4 is 11.9 Å². The molecule has 0 saturated heterocycles. The predicted octanol–water partition coefficient (Wildman–Crippen LogP) is 2.09. The summed E-state index contributed by atoms with van der Waals surface area (Å²) in [6, 6.07) is 8.31. The van der Waals surface area contributed by atoms with E-state index in [-0.39, 0.29) is 24.9 Å². The fraction of sp³-hybridized carbons (Fsp3) is 0.556. The second-order valence-corrected chi connectivity index (χ2v) is 5.62. The lowest BCUT2D eigenvalue weighted by Crippen LogP contribution is -2.34. The number of esters is 1. The molecule has 1 amide bonds. The van der Waals surface area contributed by atoms with Crippen molar-refractivity contribution in [2.45, 2.75) is 39.0 Å². The number of aliphatic hydroxyl groups is 1. The smallest absolute Gasteiger partial charge is 0.307 e. The highest BCUT2D eigenvalue weighted by molar-refractivity contribution is 5.77. The van der Waals surface area contributed by atoms with E-state index in [4.69, 9.17) is 5.11 Å². The Morgan fingerprint density at radius 2 is 1.78 bits per heavy atom. The molecule has 5 nitrogen and oxygen atoms in total. The van der Waals surface area contributed by atoms with Crippen molar-refractivity contribution in [1.29, 1.82) is 0 Å². The number of nitrogens with zero attached hydrogens (tertiary/aromatic N) is 1. The summed E-state index contributed by atoms with van der Waals surface area (Å²) in [7, 11) is 1.34. The minimum atomic E-state index is -0.327. The van der Waals surface area contributed by atoms with E-state index < -0.39 is 0 Å². The molecule has 0 bridgehead atoms. The molecule has 0 fully saturated rings. The third kappa shape index (κ3) is 7.79. The Labute approximate surface area is 138 Å². The van der Waals surface area contributed by atoms with Crippen LogP contribution in [0.15, 0.2) is 24.3 Å². The fourth-order valence-corrected chi connectivity index (χ4v) is 2.31. The van der Waals surface area contributed by atoms with Gasteiger partial charge in [0.1, 0.15) is 0 Å². The lowest BCUT2D eigenvalue weighted by molar-refractivity contribution is -0.141. The first-order valence-electron chi connectivity index (χ1n) is 8.07. The maximum atomic E-state index is 12.3. The average Bonchev–Trinajstić information content (AvgIpc) is 2.56. The number of amides is 1. The average molecular weight is 321 g/mol. The molecule has 0 aliphatic carbocycles. The molecule has 1 aromatic carbocycles. The van der Waals surface area contributed by atoms with Crippen LogP contribution in [0.25, 0.3) is 0 Å². The lowest BCUT2D eigenvalue weighted by Gasteiger charge is -2.22. The Morgan fingerprint density at radius 3 is 2.39 bits per heavy atom. The highest BCUT2D eigenvalue weighted by atomic mass is 16.5. The Bertz CT molecular complexity index is 484. The summed E-state index contributed by atoms with van der Waals surface area (Å²) in [6.07, 6.45) is 2.78. The van der Waals surface area contributed by atoms with Gasteiger partial charge in [0, 0.05) is 26.1 Å². The molecule has 0 aromatic heterocycles. The largest absolute Gasteiger partial charge is 0.469 e. The number of carbonyl (C=O) groups is 2. The normalized spacial score (nSPS) is 10.4. The number of rotatable bonds is 10. The van der Waals surface area contributed by atoms with E-state index in [0.29, 0.717) is 25.9 Å². The van der Waals surface area contributed by atoms with Crippen molar-refractivity contribution in [3.63, 3.8) is 0 Å². The van der Waals surface area contributed by atoms with E-state index in [9.17, 15) is 9.59 Å². The Kier molecular flexibility index (Phi) is 8.98. The molecule has 5 heteroatoms. The van der Waals surface area contributed by atoms with Gasteiger partial charge in [-0.2, -0.15) is 0 Å². The van der Waals surface area contributed by atoms with Crippen molar-refractivity contribution < 1.29 is 19.4 Å². The zero-order chi connectivity index (χ0) is 17.1. The van der Waals surface area contributed by atoms with Crippen LogP contribution in [0.1, 0.15) is 36.8 Å². The summed E-state index contributed by atoms with van der Waals surface area (Å²) >= 11 is 0. The molecule has 128 valence electrons. The summed E-state index contributed by atoms with van der Waals surface area (Å²) in [5.41, 5.74) is 2.45. The molecular formula is C18H27NO4. The van der Waals surface area contributed by atoms with E-state index in [1.54, 1.807) is 4.90 Å². The van der Waals surface area contributed by atoms with Gasteiger partial charge in [0.25, 0.3) is 0 Å². The van der Waals surface area contributed by atoms with Crippen LogP contribution in [0.4, 0.5) is 0 Å². The summed E-state index contributed by atoms with van der Waals surface area (Å²) in [4.78, 5) is 25.2. The van der Waals surface area contributed by atoms with E-state index >= 15 is 0 Å². The van der Waals surface area contributed by atoms with Gasteiger partial charge >= 0.3 is 5.97 Å². The molecular weight excluding hydrogens is 294 g/mol. The molecule has 23 heavy (non-hydrogen) atoms. The SMILES string of the molecule is COC(=O)CCN(CCCO)C(=O)CCCc1ccc(C)cc1. The maximum Gasteiger partial charge on any atom is 0.307 e. The Morgan fingerprint density at radius 1 is 1.09 bits per heavy atom. The second kappa shape index (κ2) is 10.8. The fourth-order valence-electron chi connectivity index (χ4n) is 2.31. The lowest BCUT2D eigenvalue weighted by atomic mass is 10.1. The van der Waals surface area contributed by atoms with Crippen LogP contribution in [0, 0.1) is 6.92 Å².